The van der Waals surface area contributed by atoms with E-state index in [0.29, 0.717) is 17.6 Å². The van der Waals surface area contributed by atoms with Crippen molar-refractivity contribution in [1.29, 1.82) is 0 Å². The van der Waals surface area contributed by atoms with E-state index in [4.69, 9.17) is 10.3 Å². The van der Waals surface area contributed by atoms with Crippen molar-refractivity contribution >= 4 is 0 Å². The van der Waals surface area contributed by atoms with Gasteiger partial charge in [0.25, 0.3) is 0 Å². The van der Waals surface area contributed by atoms with Gasteiger partial charge < -0.3 is 10.3 Å². The molecule has 0 bridgehead atoms. The van der Waals surface area contributed by atoms with Crippen LogP contribution in [0, 0.1) is 5.92 Å². The van der Waals surface area contributed by atoms with Crippen LogP contribution in [0.1, 0.15) is 71.5 Å². The SMILES string of the molecule is CCC(C)CC(N)(CC)c1noc(C(C)C)n1. The van der Waals surface area contributed by atoms with Gasteiger partial charge in [-0.3, -0.25) is 0 Å². The second kappa shape index (κ2) is 5.63. The van der Waals surface area contributed by atoms with Gasteiger partial charge in [-0.1, -0.05) is 46.2 Å². The molecule has 0 fully saturated rings. The zero-order valence-corrected chi connectivity index (χ0v) is 11.7. The van der Waals surface area contributed by atoms with Crippen molar-refractivity contribution in [3.05, 3.63) is 11.7 Å². The molecule has 2 unspecified atom stereocenters. The van der Waals surface area contributed by atoms with Gasteiger partial charge in [0.15, 0.2) is 5.82 Å². The van der Waals surface area contributed by atoms with Crippen LogP contribution in [0.3, 0.4) is 0 Å². The highest BCUT2D eigenvalue weighted by molar-refractivity contribution is 5.05. The summed E-state index contributed by atoms with van der Waals surface area (Å²) in [5, 5.41) is 4.06. The summed E-state index contributed by atoms with van der Waals surface area (Å²) in [7, 11) is 0. The van der Waals surface area contributed by atoms with Crippen LogP contribution in [0.2, 0.25) is 0 Å². The predicted molar refractivity (Wildman–Crippen MR) is 68.6 cm³/mol. The van der Waals surface area contributed by atoms with E-state index in [2.05, 4.69) is 30.9 Å². The van der Waals surface area contributed by atoms with Crippen LogP contribution in [-0.2, 0) is 5.54 Å². The van der Waals surface area contributed by atoms with Crippen molar-refractivity contribution in [3.63, 3.8) is 0 Å². The first-order valence-corrected chi connectivity index (χ1v) is 6.55. The lowest BCUT2D eigenvalue weighted by Gasteiger charge is -2.27. The van der Waals surface area contributed by atoms with Crippen molar-refractivity contribution in [2.24, 2.45) is 11.7 Å². The largest absolute Gasteiger partial charge is 0.339 e. The van der Waals surface area contributed by atoms with E-state index < -0.39 is 5.54 Å². The molecule has 4 heteroatoms. The number of nitrogens with two attached hydrogens (primary N) is 1. The van der Waals surface area contributed by atoms with Crippen LogP contribution in [0.15, 0.2) is 4.52 Å². The molecule has 2 N–H and O–H groups in total. The lowest BCUT2D eigenvalue weighted by atomic mass is 9.85. The quantitative estimate of drug-likeness (QED) is 0.828. The third-order valence-corrected chi connectivity index (χ3v) is 3.42. The maximum absolute atomic E-state index is 6.42. The third kappa shape index (κ3) is 3.28. The van der Waals surface area contributed by atoms with Crippen LogP contribution in [0.4, 0.5) is 0 Å². The highest BCUT2D eigenvalue weighted by Crippen LogP contribution is 2.29. The topological polar surface area (TPSA) is 64.9 Å². The molecule has 0 spiro atoms. The number of nitrogens with zero attached hydrogens (tertiary/aromatic N) is 2. The Balaban J connectivity index is 2.90. The van der Waals surface area contributed by atoms with Crippen LogP contribution in [0.25, 0.3) is 0 Å². The predicted octanol–water partition coefficient (Wildman–Crippen LogP) is 3.19. The van der Waals surface area contributed by atoms with Gasteiger partial charge in [0.2, 0.25) is 5.89 Å². The Kier molecular flexibility index (Phi) is 4.69. The van der Waals surface area contributed by atoms with E-state index >= 15 is 0 Å². The smallest absolute Gasteiger partial charge is 0.229 e. The van der Waals surface area contributed by atoms with E-state index in [9.17, 15) is 0 Å². The molecule has 2 atom stereocenters. The first-order valence-electron chi connectivity index (χ1n) is 6.55. The molecule has 0 radical (unpaired) electrons. The molecule has 1 rings (SSSR count). The molecule has 1 heterocycles. The number of hydrogen-bond acceptors (Lipinski definition) is 4. The van der Waals surface area contributed by atoms with Gasteiger partial charge in [-0.05, 0) is 18.8 Å². The number of rotatable bonds is 6. The van der Waals surface area contributed by atoms with Crippen LogP contribution in [0.5, 0.6) is 0 Å². The average molecular weight is 239 g/mol. The van der Waals surface area contributed by atoms with Gasteiger partial charge in [0.05, 0.1) is 5.54 Å². The molecular formula is C13H25N3O. The van der Waals surface area contributed by atoms with Gasteiger partial charge in [0, 0.05) is 5.92 Å². The molecule has 0 saturated heterocycles. The van der Waals surface area contributed by atoms with Crippen LogP contribution >= 0.6 is 0 Å². The van der Waals surface area contributed by atoms with Crippen molar-refractivity contribution < 1.29 is 4.52 Å². The van der Waals surface area contributed by atoms with E-state index in [-0.39, 0.29) is 5.92 Å². The lowest BCUT2D eigenvalue weighted by Crippen LogP contribution is -2.39. The molecule has 0 saturated carbocycles. The van der Waals surface area contributed by atoms with Gasteiger partial charge >= 0.3 is 0 Å². The zero-order chi connectivity index (χ0) is 13.1. The first-order chi connectivity index (χ1) is 7.92. The summed E-state index contributed by atoms with van der Waals surface area (Å²) >= 11 is 0. The summed E-state index contributed by atoms with van der Waals surface area (Å²) in [4.78, 5) is 4.44. The summed E-state index contributed by atoms with van der Waals surface area (Å²) < 4.78 is 5.25. The fraction of sp³-hybridized carbons (Fsp3) is 0.846. The highest BCUT2D eigenvalue weighted by Gasteiger charge is 2.32. The normalized spacial score (nSPS) is 17.1. The molecule has 0 amide bonds. The molecule has 17 heavy (non-hydrogen) atoms. The van der Waals surface area contributed by atoms with Crippen LogP contribution in [-0.4, -0.2) is 10.1 Å². The molecule has 1 aromatic heterocycles. The van der Waals surface area contributed by atoms with Gasteiger partial charge in [0.1, 0.15) is 0 Å². The highest BCUT2D eigenvalue weighted by atomic mass is 16.5. The maximum atomic E-state index is 6.42. The molecule has 0 aliphatic heterocycles. The minimum Gasteiger partial charge on any atom is -0.339 e. The standard InChI is InChI=1S/C13H25N3O/c1-6-10(5)8-13(14,7-2)12-15-11(9(3)4)17-16-12/h9-10H,6-8,14H2,1-5H3. The minimum atomic E-state index is -0.452. The first kappa shape index (κ1) is 14.2. The Labute approximate surface area is 104 Å². The zero-order valence-electron chi connectivity index (χ0n) is 11.7. The third-order valence-electron chi connectivity index (χ3n) is 3.42. The Bertz CT molecular complexity index is 348. The fourth-order valence-electron chi connectivity index (χ4n) is 1.83. The van der Waals surface area contributed by atoms with Gasteiger partial charge in [-0.2, -0.15) is 4.98 Å². The summed E-state index contributed by atoms with van der Waals surface area (Å²) in [6.07, 6.45) is 2.85. The summed E-state index contributed by atoms with van der Waals surface area (Å²) in [5.74, 6) is 2.15. The lowest BCUT2D eigenvalue weighted by molar-refractivity contribution is 0.287. The summed E-state index contributed by atoms with van der Waals surface area (Å²) in [6.45, 7) is 10.5. The Morgan fingerprint density at radius 3 is 2.35 bits per heavy atom. The van der Waals surface area contributed by atoms with E-state index in [1.54, 1.807) is 0 Å². The van der Waals surface area contributed by atoms with Crippen molar-refractivity contribution in [3.8, 4) is 0 Å². The molecule has 0 aliphatic rings. The summed E-state index contributed by atoms with van der Waals surface area (Å²) in [6, 6.07) is 0. The minimum absolute atomic E-state index is 0.251. The Hall–Kier alpha value is -0.900. The summed E-state index contributed by atoms with van der Waals surface area (Å²) in [5.41, 5.74) is 5.97. The van der Waals surface area contributed by atoms with Crippen molar-refractivity contribution in [1.82, 2.24) is 10.1 Å². The molecule has 1 aromatic rings. The molecule has 0 aliphatic carbocycles. The van der Waals surface area contributed by atoms with E-state index in [0.717, 1.165) is 19.3 Å². The number of hydrogen-bond donors (Lipinski definition) is 1. The van der Waals surface area contributed by atoms with Gasteiger partial charge in [-0.25, -0.2) is 0 Å². The fourth-order valence-corrected chi connectivity index (χ4v) is 1.83. The van der Waals surface area contributed by atoms with E-state index in [1.807, 2.05) is 13.8 Å². The second-order valence-corrected chi connectivity index (χ2v) is 5.34. The Morgan fingerprint density at radius 2 is 1.94 bits per heavy atom. The Morgan fingerprint density at radius 1 is 1.29 bits per heavy atom. The molecule has 4 nitrogen and oxygen atoms in total. The maximum Gasteiger partial charge on any atom is 0.229 e. The number of aromatic nitrogens is 2. The van der Waals surface area contributed by atoms with E-state index in [1.165, 1.54) is 0 Å². The second-order valence-electron chi connectivity index (χ2n) is 5.34. The van der Waals surface area contributed by atoms with Gasteiger partial charge in [-0.15, -0.1) is 0 Å². The molecular weight excluding hydrogens is 214 g/mol. The molecule has 0 aromatic carbocycles. The monoisotopic (exact) mass is 239 g/mol. The van der Waals surface area contributed by atoms with Crippen molar-refractivity contribution in [2.45, 2.75) is 65.3 Å². The molecule has 98 valence electrons. The van der Waals surface area contributed by atoms with Crippen molar-refractivity contribution in [2.75, 3.05) is 0 Å². The van der Waals surface area contributed by atoms with Crippen LogP contribution < -0.4 is 5.73 Å². The average Bonchev–Trinajstić information content (AvgIpc) is 2.78.